The highest BCUT2D eigenvalue weighted by atomic mass is 16.6. The first-order valence-corrected chi connectivity index (χ1v) is 14.9. The van der Waals surface area contributed by atoms with Crippen LogP contribution in [-0.2, 0) is 14.2 Å². The molecule has 16 heteroatoms. The molecule has 1 heterocycles. The van der Waals surface area contributed by atoms with Gasteiger partial charge in [0.2, 0.25) is 0 Å². The Kier molecular flexibility index (Phi) is 14.4. The Balaban J connectivity index is 1.73. The van der Waals surface area contributed by atoms with E-state index in [1.165, 1.54) is 0 Å². The topological polar surface area (TPSA) is 291 Å². The van der Waals surface area contributed by atoms with Gasteiger partial charge in [-0.15, -0.1) is 0 Å². The molecule has 0 bridgehead atoms. The maximum absolute atomic E-state index is 10.6. The Labute approximate surface area is 249 Å². The van der Waals surface area contributed by atoms with Crippen molar-refractivity contribution in [3.8, 4) is 0 Å². The Morgan fingerprint density at radius 2 is 1.09 bits per heavy atom. The van der Waals surface area contributed by atoms with Gasteiger partial charge in [-0.3, -0.25) is 0 Å². The lowest BCUT2D eigenvalue weighted by molar-refractivity contribution is -0.241. The second kappa shape index (κ2) is 16.8. The van der Waals surface area contributed by atoms with Crippen LogP contribution in [0.3, 0.4) is 0 Å². The molecule has 0 aromatic carbocycles. The van der Waals surface area contributed by atoms with Crippen molar-refractivity contribution in [2.75, 3.05) is 26.4 Å². The minimum Gasteiger partial charge on any atom is -0.394 e. The lowest BCUT2D eigenvalue weighted by Crippen LogP contribution is -2.58. The van der Waals surface area contributed by atoms with E-state index in [9.17, 15) is 56.2 Å². The number of ether oxygens (including phenoxy) is 3. The molecule has 254 valence electrons. The predicted octanol–water partition coefficient (Wildman–Crippen LogP) is -5.92. The van der Waals surface area contributed by atoms with Gasteiger partial charge >= 0.3 is 0 Å². The van der Waals surface area contributed by atoms with Gasteiger partial charge in [0.15, 0.2) is 0 Å². The fourth-order valence-corrected chi connectivity index (χ4v) is 6.37. The molecular weight excluding hydrogens is 580 g/mol. The van der Waals surface area contributed by atoms with Crippen LogP contribution in [-0.4, -0.2) is 184 Å². The van der Waals surface area contributed by atoms with E-state index in [0.717, 1.165) is 0 Å². The van der Waals surface area contributed by atoms with Crippen LogP contribution in [0, 0.1) is 11.8 Å². The molecule has 16 nitrogen and oxygen atoms in total. The molecule has 13 N–H and O–H groups in total. The second-order valence-electron chi connectivity index (χ2n) is 12.2. The Hall–Kier alpha value is -0.640. The molecule has 17 unspecified atom stereocenters. The quantitative estimate of drug-likeness (QED) is 0.0801. The minimum absolute atomic E-state index is 0.132. The number of rotatable bonds is 15. The molecule has 17 atom stereocenters. The van der Waals surface area contributed by atoms with Crippen LogP contribution in [0.25, 0.3) is 0 Å². The van der Waals surface area contributed by atoms with Crippen LogP contribution in [0.4, 0.5) is 0 Å². The first-order valence-electron chi connectivity index (χ1n) is 14.9. The highest BCUT2D eigenvalue weighted by molar-refractivity contribution is 4.99. The largest absolute Gasteiger partial charge is 0.394 e. The summed E-state index contributed by atoms with van der Waals surface area (Å²) in [4.78, 5) is 0. The first kappa shape index (κ1) is 36.8. The van der Waals surface area contributed by atoms with Gasteiger partial charge in [0, 0.05) is 5.92 Å². The number of aliphatic hydroxyl groups excluding tert-OH is 13. The van der Waals surface area contributed by atoms with Gasteiger partial charge in [0.25, 0.3) is 0 Å². The lowest BCUT2D eigenvalue weighted by Gasteiger charge is -2.50. The van der Waals surface area contributed by atoms with Crippen LogP contribution >= 0.6 is 0 Å². The highest BCUT2D eigenvalue weighted by Crippen LogP contribution is 2.43. The standard InChI is InChI=1S/C27H50O16/c28-7-16(33)23(37)25(39)18(35)9-41-20-4-12(30)5-21-13(20)6-22(27(43-21)11-1-2-14(31)15(32)3-11)42-10-19(36)26(40)24(38)17(34)8-29/h11-40H,1-10H2. The zero-order chi connectivity index (χ0) is 32.0. The average Bonchev–Trinajstić information content (AvgIpc) is 3.00. The minimum atomic E-state index is -1.85. The van der Waals surface area contributed by atoms with E-state index in [-0.39, 0.29) is 31.6 Å². The summed E-state index contributed by atoms with van der Waals surface area (Å²) in [5.41, 5.74) is 0. The van der Waals surface area contributed by atoms with E-state index in [2.05, 4.69) is 0 Å². The van der Waals surface area contributed by atoms with E-state index in [0.29, 0.717) is 12.8 Å². The van der Waals surface area contributed by atoms with Gasteiger partial charge in [-0.1, -0.05) is 0 Å². The predicted molar refractivity (Wildman–Crippen MR) is 143 cm³/mol. The van der Waals surface area contributed by atoms with Crippen molar-refractivity contribution in [1.82, 2.24) is 0 Å². The van der Waals surface area contributed by atoms with Crippen molar-refractivity contribution in [2.24, 2.45) is 11.8 Å². The highest BCUT2D eigenvalue weighted by Gasteiger charge is 2.50. The van der Waals surface area contributed by atoms with Crippen molar-refractivity contribution in [2.45, 2.75) is 130 Å². The number of fused-ring (bicyclic) bond motifs is 1. The molecule has 0 aromatic heterocycles. The van der Waals surface area contributed by atoms with Gasteiger partial charge in [0.05, 0.1) is 69.2 Å². The Morgan fingerprint density at radius 1 is 0.581 bits per heavy atom. The molecule has 0 spiro atoms. The maximum Gasteiger partial charge on any atom is 0.111 e. The summed E-state index contributed by atoms with van der Waals surface area (Å²) in [7, 11) is 0. The summed E-state index contributed by atoms with van der Waals surface area (Å²) in [6, 6.07) is 0. The van der Waals surface area contributed by atoms with E-state index in [1.54, 1.807) is 0 Å². The van der Waals surface area contributed by atoms with Gasteiger partial charge in [-0.05, 0) is 44.4 Å². The summed E-state index contributed by atoms with van der Waals surface area (Å²) >= 11 is 0. The summed E-state index contributed by atoms with van der Waals surface area (Å²) in [6.45, 7) is -2.67. The Morgan fingerprint density at radius 3 is 1.60 bits per heavy atom. The van der Waals surface area contributed by atoms with Gasteiger partial charge in [0.1, 0.15) is 48.8 Å². The monoisotopic (exact) mass is 630 g/mol. The molecule has 3 aliphatic rings. The summed E-state index contributed by atoms with van der Waals surface area (Å²) < 4.78 is 18.3. The van der Waals surface area contributed by atoms with Crippen LogP contribution in [0.5, 0.6) is 0 Å². The molecule has 3 fully saturated rings. The van der Waals surface area contributed by atoms with E-state index in [4.69, 9.17) is 24.4 Å². The summed E-state index contributed by atoms with van der Waals surface area (Å²) in [5, 5.41) is 129. The summed E-state index contributed by atoms with van der Waals surface area (Å²) in [6.07, 6.45) is -17.9. The van der Waals surface area contributed by atoms with Crippen molar-refractivity contribution >= 4 is 0 Å². The first-order chi connectivity index (χ1) is 20.3. The zero-order valence-corrected chi connectivity index (χ0v) is 23.9. The van der Waals surface area contributed by atoms with Crippen LogP contribution in [0.1, 0.15) is 38.5 Å². The molecule has 0 aromatic rings. The van der Waals surface area contributed by atoms with Crippen LogP contribution < -0.4 is 0 Å². The van der Waals surface area contributed by atoms with Crippen molar-refractivity contribution in [3.63, 3.8) is 0 Å². The van der Waals surface area contributed by atoms with E-state index >= 15 is 0 Å². The third-order valence-electron chi connectivity index (χ3n) is 9.07. The van der Waals surface area contributed by atoms with Gasteiger partial charge in [-0.25, -0.2) is 0 Å². The molecule has 1 saturated heterocycles. The molecule has 0 amide bonds. The molecule has 3 rings (SSSR count). The zero-order valence-electron chi connectivity index (χ0n) is 23.9. The van der Waals surface area contributed by atoms with E-state index in [1.807, 2.05) is 0 Å². The third-order valence-corrected chi connectivity index (χ3v) is 9.07. The third kappa shape index (κ3) is 9.45. The number of aliphatic hydroxyl groups is 13. The number of hydrogen-bond donors (Lipinski definition) is 13. The van der Waals surface area contributed by atoms with Crippen LogP contribution in [0.2, 0.25) is 0 Å². The smallest absolute Gasteiger partial charge is 0.111 e. The van der Waals surface area contributed by atoms with Gasteiger partial charge < -0.3 is 80.6 Å². The maximum atomic E-state index is 10.6. The molecule has 2 aliphatic carbocycles. The van der Waals surface area contributed by atoms with Crippen LogP contribution in [0.15, 0.2) is 0 Å². The SMILES string of the molecule is OCC(O)C(O)C(O)C(O)COC1CC(O)CC2OC(C3CCC(O)C(O)C3)C(OCC(O)C(O)C(O)C(O)CO)CC12. The van der Waals surface area contributed by atoms with Crippen molar-refractivity contribution in [3.05, 3.63) is 0 Å². The molecule has 2 saturated carbocycles. The fourth-order valence-electron chi connectivity index (χ4n) is 6.37. The lowest BCUT2D eigenvalue weighted by atomic mass is 9.72. The number of hydrogen-bond acceptors (Lipinski definition) is 16. The average molecular weight is 631 g/mol. The normalized spacial score (nSPS) is 39.1. The molecule has 1 aliphatic heterocycles. The molecular formula is C27H50O16. The van der Waals surface area contributed by atoms with Crippen molar-refractivity contribution < 1.29 is 80.6 Å². The molecule has 43 heavy (non-hydrogen) atoms. The summed E-state index contributed by atoms with van der Waals surface area (Å²) in [5.74, 6) is -0.701. The molecule has 0 radical (unpaired) electrons. The second-order valence-corrected chi connectivity index (χ2v) is 12.2. The Bertz CT molecular complexity index is 809. The fraction of sp³-hybridized carbons (Fsp3) is 1.00. The van der Waals surface area contributed by atoms with Crippen molar-refractivity contribution in [1.29, 1.82) is 0 Å². The van der Waals surface area contributed by atoms with Gasteiger partial charge in [-0.2, -0.15) is 0 Å². The van der Waals surface area contributed by atoms with E-state index < -0.39 is 124 Å².